The first-order valence-corrected chi connectivity index (χ1v) is 6.76. The average molecular weight is 267 g/mol. The lowest BCUT2D eigenvalue weighted by molar-refractivity contribution is 0.0555. The van der Waals surface area contributed by atoms with E-state index in [0.717, 1.165) is 10.8 Å². The molecule has 1 aliphatic rings. The van der Waals surface area contributed by atoms with Crippen molar-refractivity contribution in [1.82, 2.24) is 4.90 Å². The molecule has 3 rings (SSSR count). The first kappa shape index (κ1) is 12.9. The molecule has 0 saturated carbocycles. The van der Waals surface area contributed by atoms with Crippen molar-refractivity contribution in [2.75, 3.05) is 6.54 Å². The zero-order valence-electron chi connectivity index (χ0n) is 11.9. The molecule has 0 aliphatic carbocycles. The third kappa shape index (κ3) is 1.90. The molecule has 0 unspecified atom stereocenters. The summed E-state index contributed by atoms with van der Waals surface area (Å²) in [5.74, 6) is -0.372. The Bertz CT molecular complexity index is 675. The van der Waals surface area contributed by atoms with Gasteiger partial charge in [-0.05, 0) is 22.9 Å². The summed E-state index contributed by atoms with van der Waals surface area (Å²) in [5, 5.41) is 1.73. The van der Waals surface area contributed by atoms with E-state index in [1.807, 2.05) is 45.0 Å². The van der Waals surface area contributed by atoms with Crippen molar-refractivity contribution in [2.45, 2.75) is 20.8 Å². The minimum Gasteiger partial charge on any atom is -0.274 e. The summed E-state index contributed by atoms with van der Waals surface area (Å²) in [6.45, 7) is 6.49. The second kappa shape index (κ2) is 4.17. The standard InChI is InChI=1S/C17H17NO2/c1-17(2,3)10-18-15(19)12-8-4-6-11-7-5-9-13(14(11)12)16(18)20/h4-9H,10H2,1-3H3. The van der Waals surface area contributed by atoms with Crippen LogP contribution in [0.5, 0.6) is 0 Å². The van der Waals surface area contributed by atoms with Gasteiger partial charge in [-0.1, -0.05) is 45.0 Å². The van der Waals surface area contributed by atoms with Gasteiger partial charge in [-0.3, -0.25) is 14.5 Å². The highest BCUT2D eigenvalue weighted by Gasteiger charge is 2.34. The first-order chi connectivity index (χ1) is 9.38. The minimum atomic E-state index is -0.186. The Morgan fingerprint density at radius 1 is 0.900 bits per heavy atom. The molecule has 0 bridgehead atoms. The zero-order valence-corrected chi connectivity index (χ0v) is 11.9. The smallest absolute Gasteiger partial charge is 0.261 e. The lowest BCUT2D eigenvalue weighted by Gasteiger charge is -2.32. The first-order valence-electron chi connectivity index (χ1n) is 6.76. The maximum Gasteiger partial charge on any atom is 0.261 e. The van der Waals surface area contributed by atoms with E-state index in [1.165, 1.54) is 4.90 Å². The maximum atomic E-state index is 12.6. The van der Waals surface area contributed by atoms with Gasteiger partial charge in [0.15, 0.2) is 0 Å². The molecule has 2 aromatic rings. The van der Waals surface area contributed by atoms with Gasteiger partial charge in [0.2, 0.25) is 0 Å². The van der Waals surface area contributed by atoms with Gasteiger partial charge in [-0.2, -0.15) is 0 Å². The third-order valence-corrected chi connectivity index (χ3v) is 3.49. The molecule has 2 amide bonds. The lowest BCUT2D eigenvalue weighted by Crippen LogP contribution is -2.44. The van der Waals surface area contributed by atoms with Crippen molar-refractivity contribution in [3.8, 4) is 0 Å². The second-order valence-electron chi connectivity index (χ2n) is 6.47. The van der Waals surface area contributed by atoms with Crippen LogP contribution >= 0.6 is 0 Å². The van der Waals surface area contributed by atoms with Crippen LogP contribution in [0.4, 0.5) is 0 Å². The molecule has 2 aromatic carbocycles. The number of nitrogens with zero attached hydrogens (tertiary/aromatic N) is 1. The zero-order chi connectivity index (χ0) is 14.5. The van der Waals surface area contributed by atoms with Crippen molar-refractivity contribution < 1.29 is 9.59 Å². The summed E-state index contributed by atoms with van der Waals surface area (Å²) in [5.41, 5.74) is 1.13. The Morgan fingerprint density at radius 3 is 1.85 bits per heavy atom. The van der Waals surface area contributed by atoms with E-state index in [4.69, 9.17) is 0 Å². The molecular weight excluding hydrogens is 250 g/mol. The number of carbonyl (C=O) groups is 2. The number of rotatable bonds is 1. The maximum absolute atomic E-state index is 12.6. The van der Waals surface area contributed by atoms with Crippen LogP contribution in [0.3, 0.4) is 0 Å². The SMILES string of the molecule is CC(C)(C)CN1C(=O)c2cccc3cccc(c23)C1=O. The van der Waals surface area contributed by atoms with Crippen LogP contribution in [-0.2, 0) is 0 Å². The largest absolute Gasteiger partial charge is 0.274 e. The summed E-state index contributed by atoms with van der Waals surface area (Å²) < 4.78 is 0. The van der Waals surface area contributed by atoms with Gasteiger partial charge in [-0.25, -0.2) is 0 Å². The lowest BCUT2D eigenvalue weighted by atomic mass is 9.90. The Morgan fingerprint density at radius 2 is 1.40 bits per heavy atom. The number of hydrogen-bond donors (Lipinski definition) is 0. The molecule has 20 heavy (non-hydrogen) atoms. The van der Waals surface area contributed by atoms with Crippen LogP contribution in [-0.4, -0.2) is 23.3 Å². The topological polar surface area (TPSA) is 37.4 Å². The molecular formula is C17H17NO2. The Kier molecular flexibility index (Phi) is 2.68. The molecule has 3 nitrogen and oxygen atoms in total. The highest BCUT2D eigenvalue weighted by molar-refractivity contribution is 6.25. The Hall–Kier alpha value is -2.16. The second-order valence-corrected chi connectivity index (χ2v) is 6.47. The van der Waals surface area contributed by atoms with Crippen LogP contribution in [0.1, 0.15) is 41.5 Å². The van der Waals surface area contributed by atoms with Crippen molar-refractivity contribution in [3.63, 3.8) is 0 Å². The van der Waals surface area contributed by atoms with Crippen LogP contribution in [0.15, 0.2) is 36.4 Å². The van der Waals surface area contributed by atoms with E-state index >= 15 is 0 Å². The van der Waals surface area contributed by atoms with Gasteiger partial charge >= 0.3 is 0 Å². The van der Waals surface area contributed by atoms with E-state index < -0.39 is 0 Å². The molecule has 0 fully saturated rings. The van der Waals surface area contributed by atoms with Crippen LogP contribution in [0.25, 0.3) is 10.8 Å². The van der Waals surface area contributed by atoms with Gasteiger partial charge in [0.05, 0.1) is 0 Å². The molecule has 0 aromatic heterocycles. The summed E-state index contributed by atoms with van der Waals surface area (Å²) in [6.07, 6.45) is 0. The van der Waals surface area contributed by atoms with E-state index in [2.05, 4.69) is 0 Å². The highest BCUT2D eigenvalue weighted by atomic mass is 16.2. The number of carbonyl (C=O) groups excluding carboxylic acids is 2. The molecule has 0 spiro atoms. The van der Waals surface area contributed by atoms with Gasteiger partial charge in [0.25, 0.3) is 11.8 Å². The Balaban J connectivity index is 2.21. The van der Waals surface area contributed by atoms with E-state index in [1.54, 1.807) is 12.1 Å². The highest BCUT2D eigenvalue weighted by Crippen LogP contribution is 2.31. The van der Waals surface area contributed by atoms with Gasteiger partial charge in [0, 0.05) is 23.1 Å². The summed E-state index contributed by atoms with van der Waals surface area (Å²) in [6, 6.07) is 11.2. The van der Waals surface area contributed by atoms with Crippen molar-refractivity contribution in [1.29, 1.82) is 0 Å². The predicted molar refractivity (Wildman–Crippen MR) is 78.8 cm³/mol. The average Bonchev–Trinajstić information content (AvgIpc) is 2.39. The van der Waals surface area contributed by atoms with Crippen LogP contribution < -0.4 is 0 Å². The molecule has 0 N–H and O–H groups in total. The summed E-state index contributed by atoms with van der Waals surface area (Å²) in [7, 11) is 0. The number of hydrogen-bond acceptors (Lipinski definition) is 2. The number of benzene rings is 2. The molecule has 102 valence electrons. The van der Waals surface area contributed by atoms with Crippen LogP contribution in [0, 0.1) is 5.41 Å². The molecule has 1 heterocycles. The summed E-state index contributed by atoms with van der Waals surface area (Å²) in [4.78, 5) is 26.6. The molecule has 0 atom stereocenters. The van der Waals surface area contributed by atoms with E-state index in [9.17, 15) is 9.59 Å². The Labute approximate surface area is 118 Å². The minimum absolute atomic E-state index is 0.120. The molecule has 0 radical (unpaired) electrons. The third-order valence-electron chi connectivity index (χ3n) is 3.49. The van der Waals surface area contributed by atoms with Gasteiger partial charge in [0.1, 0.15) is 0 Å². The fourth-order valence-corrected chi connectivity index (χ4v) is 2.70. The van der Waals surface area contributed by atoms with E-state index in [-0.39, 0.29) is 17.2 Å². The molecule has 3 heteroatoms. The van der Waals surface area contributed by atoms with Crippen LogP contribution in [0.2, 0.25) is 0 Å². The van der Waals surface area contributed by atoms with Gasteiger partial charge < -0.3 is 0 Å². The normalized spacial score (nSPS) is 15.1. The summed E-state index contributed by atoms with van der Waals surface area (Å²) >= 11 is 0. The van der Waals surface area contributed by atoms with Crippen molar-refractivity contribution in [2.24, 2.45) is 5.41 Å². The monoisotopic (exact) mass is 267 g/mol. The van der Waals surface area contributed by atoms with E-state index in [0.29, 0.717) is 17.7 Å². The quantitative estimate of drug-likeness (QED) is 0.742. The number of imide groups is 1. The predicted octanol–water partition coefficient (Wildman–Crippen LogP) is 3.48. The fraction of sp³-hybridized carbons (Fsp3) is 0.294. The van der Waals surface area contributed by atoms with Gasteiger partial charge in [-0.15, -0.1) is 0 Å². The fourth-order valence-electron chi connectivity index (χ4n) is 2.70. The van der Waals surface area contributed by atoms with Crippen molar-refractivity contribution >= 4 is 22.6 Å². The van der Waals surface area contributed by atoms with Crippen molar-refractivity contribution in [3.05, 3.63) is 47.5 Å². The molecule has 1 aliphatic heterocycles. The number of amides is 2. The molecule has 0 saturated heterocycles.